The van der Waals surface area contributed by atoms with Gasteiger partial charge in [0.05, 0.1) is 0 Å². The van der Waals surface area contributed by atoms with Gasteiger partial charge in [-0.15, -0.1) is 0 Å². The summed E-state index contributed by atoms with van der Waals surface area (Å²) in [6.07, 6.45) is 3.69. The van der Waals surface area contributed by atoms with E-state index in [0.29, 0.717) is 17.2 Å². The molecule has 1 atom stereocenters. The second-order valence-corrected chi connectivity index (χ2v) is 7.26. The molecule has 1 aromatic carbocycles. The molecular formula is C21H25N3O2. The SMILES string of the molecule is Cc1cc(C)cc(NC(=O)c2ccnc(C(=O)N3CCCC(C)C3)c2)c1. The summed E-state index contributed by atoms with van der Waals surface area (Å²) in [4.78, 5) is 31.3. The highest BCUT2D eigenvalue weighted by molar-refractivity contribution is 6.05. The van der Waals surface area contributed by atoms with Crippen LogP contribution in [0.2, 0.25) is 0 Å². The van der Waals surface area contributed by atoms with Crippen molar-refractivity contribution in [2.45, 2.75) is 33.6 Å². The first kappa shape index (κ1) is 18.1. The highest BCUT2D eigenvalue weighted by Gasteiger charge is 2.23. The maximum Gasteiger partial charge on any atom is 0.272 e. The maximum atomic E-state index is 12.7. The lowest BCUT2D eigenvalue weighted by atomic mass is 10.00. The van der Waals surface area contributed by atoms with Crippen molar-refractivity contribution in [2.24, 2.45) is 5.92 Å². The molecule has 26 heavy (non-hydrogen) atoms. The molecule has 0 spiro atoms. The number of nitrogens with one attached hydrogen (secondary N) is 1. The van der Waals surface area contributed by atoms with Gasteiger partial charge in [0, 0.05) is 30.5 Å². The molecule has 2 aromatic rings. The molecule has 1 saturated heterocycles. The van der Waals surface area contributed by atoms with Crippen molar-refractivity contribution in [2.75, 3.05) is 18.4 Å². The molecule has 2 heterocycles. The van der Waals surface area contributed by atoms with E-state index in [1.807, 2.05) is 30.9 Å². The highest BCUT2D eigenvalue weighted by Crippen LogP contribution is 2.18. The summed E-state index contributed by atoms with van der Waals surface area (Å²) < 4.78 is 0. The number of anilines is 1. The van der Waals surface area contributed by atoms with Crippen LogP contribution in [-0.4, -0.2) is 34.8 Å². The van der Waals surface area contributed by atoms with Crippen LogP contribution in [-0.2, 0) is 0 Å². The van der Waals surface area contributed by atoms with Gasteiger partial charge in [-0.25, -0.2) is 0 Å². The lowest BCUT2D eigenvalue weighted by Crippen LogP contribution is -2.39. The fourth-order valence-electron chi connectivity index (χ4n) is 3.47. The number of carbonyl (C=O) groups is 2. The van der Waals surface area contributed by atoms with Gasteiger partial charge >= 0.3 is 0 Å². The van der Waals surface area contributed by atoms with Crippen LogP contribution in [0.1, 0.15) is 51.7 Å². The molecule has 1 N–H and O–H groups in total. The van der Waals surface area contributed by atoms with Crippen molar-refractivity contribution in [1.29, 1.82) is 0 Å². The molecule has 1 aliphatic rings. The van der Waals surface area contributed by atoms with E-state index in [1.165, 1.54) is 6.20 Å². The fourth-order valence-corrected chi connectivity index (χ4v) is 3.47. The summed E-state index contributed by atoms with van der Waals surface area (Å²) in [5.41, 5.74) is 3.69. The quantitative estimate of drug-likeness (QED) is 0.914. The number of hydrogen-bond donors (Lipinski definition) is 1. The molecule has 5 heteroatoms. The van der Waals surface area contributed by atoms with E-state index in [1.54, 1.807) is 12.1 Å². The third kappa shape index (κ3) is 4.28. The van der Waals surface area contributed by atoms with E-state index in [9.17, 15) is 9.59 Å². The predicted molar refractivity (Wildman–Crippen MR) is 102 cm³/mol. The standard InChI is InChI=1S/C21H25N3O2/c1-14-5-4-8-24(13-14)21(26)19-12-17(6-7-22-19)20(25)23-18-10-15(2)9-16(3)11-18/h6-7,9-12,14H,4-5,8,13H2,1-3H3,(H,23,25). The number of piperidine rings is 1. The summed E-state index contributed by atoms with van der Waals surface area (Å²) in [7, 11) is 0. The first-order valence-electron chi connectivity index (χ1n) is 9.07. The Morgan fingerprint density at radius 3 is 2.58 bits per heavy atom. The van der Waals surface area contributed by atoms with Gasteiger partial charge in [-0.05, 0) is 68.0 Å². The van der Waals surface area contributed by atoms with E-state index >= 15 is 0 Å². The first-order valence-corrected chi connectivity index (χ1v) is 9.07. The average Bonchev–Trinajstić information content (AvgIpc) is 2.60. The van der Waals surface area contributed by atoms with Gasteiger partial charge in [0.2, 0.25) is 0 Å². The average molecular weight is 351 g/mol. The Kier molecular flexibility index (Phi) is 5.35. The summed E-state index contributed by atoms with van der Waals surface area (Å²) >= 11 is 0. The third-order valence-electron chi connectivity index (χ3n) is 4.67. The van der Waals surface area contributed by atoms with Gasteiger partial charge in [-0.1, -0.05) is 13.0 Å². The first-order chi connectivity index (χ1) is 12.4. The highest BCUT2D eigenvalue weighted by atomic mass is 16.2. The molecule has 1 aliphatic heterocycles. The lowest BCUT2D eigenvalue weighted by Gasteiger charge is -2.30. The Hall–Kier alpha value is -2.69. The zero-order valence-corrected chi connectivity index (χ0v) is 15.6. The third-order valence-corrected chi connectivity index (χ3v) is 4.67. The predicted octanol–water partition coefficient (Wildman–Crippen LogP) is 3.82. The smallest absolute Gasteiger partial charge is 0.272 e. The van der Waals surface area contributed by atoms with Gasteiger partial charge in [-0.2, -0.15) is 0 Å². The van der Waals surface area contributed by atoms with Crippen LogP contribution in [0.25, 0.3) is 0 Å². The van der Waals surface area contributed by atoms with Crippen molar-refractivity contribution in [1.82, 2.24) is 9.88 Å². The van der Waals surface area contributed by atoms with E-state index in [4.69, 9.17) is 0 Å². The molecule has 0 saturated carbocycles. The molecule has 5 nitrogen and oxygen atoms in total. The summed E-state index contributed by atoms with van der Waals surface area (Å²) in [5.74, 6) is 0.166. The Bertz CT molecular complexity index is 812. The van der Waals surface area contributed by atoms with Crippen LogP contribution in [0.15, 0.2) is 36.5 Å². The minimum Gasteiger partial charge on any atom is -0.337 e. The number of amides is 2. The van der Waals surface area contributed by atoms with Crippen LogP contribution < -0.4 is 5.32 Å². The molecule has 2 amide bonds. The molecule has 3 rings (SSSR count). The van der Waals surface area contributed by atoms with Crippen molar-refractivity contribution in [3.8, 4) is 0 Å². The summed E-state index contributed by atoms with van der Waals surface area (Å²) in [6, 6.07) is 9.12. The van der Waals surface area contributed by atoms with Gasteiger partial charge < -0.3 is 10.2 Å². The normalized spacial score (nSPS) is 17.0. The van der Waals surface area contributed by atoms with Gasteiger partial charge in [0.25, 0.3) is 11.8 Å². The summed E-state index contributed by atoms with van der Waals surface area (Å²) in [5, 5.41) is 2.90. The van der Waals surface area contributed by atoms with Crippen LogP contribution >= 0.6 is 0 Å². The van der Waals surface area contributed by atoms with Crippen molar-refractivity contribution in [3.63, 3.8) is 0 Å². The number of carbonyl (C=O) groups excluding carboxylic acids is 2. The molecule has 1 aromatic heterocycles. The van der Waals surface area contributed by atoms with Gasteiger partial charge in [0.1, 0.15) is 5.69 Å². The molecule has 0 radical (unpaired) electrons. The van der Waals surface area contributed by atoms with Crippen molar-refractivity contribution < 1.29 is 9.59 Å². The number of nitrogens with zero attached hydrogens (tertiary/aromatic N) is 2. The van der Waals surface area contributed by atoms with E-state index in [0.717, 1.165) is 42.7 Å². The number of benzene rings is 1. The monoisotopic (exact) mass is 351 g/mol. The molecule has 136 valence electrons. The minimum absolute atomic E-state index is 0.0994. The van der Waals surface area contributed by atoms with Gasteiger partial charge in [-0.3, -0.25) is 14.6 Å². The Balaban J connectivity index is 1.75. The molecule has 1 unspecified atom stereocenters. The zero-order chi connectivity index (χ0) is 18.7. The Labute approximate surface area is 154 Å². The molecular weight excluding hydrogens is 326 g/mol. The van der Waals surface area contributed by atoms with Gasteiger partial charge in [0.15, 0.2) is 0 Å². The Morgan fingerprint density at radius 2 is 1.88 bits per heavy atom. The number of rotatable bonds is 3. The van der Waals surface area contributed by atoms with Crippen molar-refractivity contribution >= 4 is 17.5 Å². The minimum atomic E-state index is -0.238. The lowest BCUT2D eigenvalue weighted by molar-refractivity contribution is 0.0677. The van der Waals surface area contributed by atoms with Crippen LogP contribution in [0.5, 0.6) is 0 Å². The number of aryl methyl sites for hydroxylation is 2. The van der Waals surface area contributed by atoms with E-state index < -0.39 is 0 Å². The maximum absolute atomic E-state index is 12.7. The van der Waals surface area contributed by atoms with E-state index in [2.05, 4.69) is 23.3 Å². The number of likely N-dealkylation sites (tertiary alicyclic amines) is 1. The van der Waals surface area contributed by atoms with Crippen LogP contribution in [0.4, 0.5) is 5.69 Å². The van der Waals surface area contributed by atoms with Crippen LogP contribution in [0.3, 0.4) is 0 Å². The van der Waals surface area contributed by atoms with Crippen molar-refractivity contribution in [3.05, 3.63) is 58.9 Å². The molecule has 0 bridgehead atoms. The molecule has 1 fully saturated rings. The fraction of sp³-hybridized carbons (Fsp3) is 0.381. The number of hydrogen-bond acceptors (Lipinski definition) is 3. The topological polar surface area (TPSA) is 62.3 Å². The van der Waals surface area contributed by atoms with Crippen LogP contribution in [0, 0.1) is 19.8 Å². The number of aromatic nitrogens is 1. The summed E-state index contributed by atoms with van der Waals surface area (Å²) in [6.45, 7) is 7.64. The van der Waals surface area contributed by atoms with E-state index in [-0.39, 0.29) is 11.8 Å². The second kappa shape index (κ2) is 7.68. The second-order valence-electron chi connectivity index (χ2n) is 7.26. The number of pyridine rings is 1. The largest absolute Gasteiger partial charge is 0.337 e. The molecule has 0 aliphatic carbocycles. The Morgan fingerprint density at radius 1 is 1.15 bits per heavy atom. The zero-order valence-electron chi connectivity index (χ0n) is 15.6.